The number of piperidine rings is 1. The summed E-state index contributed by atoms with van der Waals surface area (Å²) < 4.78 is 15.6. The minimum Gasteiger partial charge on any atom is -0.351 e. The molecule has 1 saturated carbocycles. The summed E-state index contributed by atoms with van der Waals surface area (Å²) in [7, 11) is 0. The summed E-state index contributed by atoms with van der Waals surface area (Å²) in [5.41, 5.74) is 2.05. The first-order valence-electron chi connectivity index (χ1n) is 15.3. The number of benzene rings is 2. The van der Waals surface area contributed by atoms with E-state index in [0.717, 1.165) is 25.7 Å². The zero-order valence-corrected chi connectivity index (χ0v) is 24.8. The number of carbonyl (C=O) groups is 5. The Morgan fingerprint density at radius 3 is 2.64 bits per heavy atom. The van der Waals surface area contributed by atoms with Crippen LogP contribution in [0.25, 0.3) is 0 Å². The molecule has 0 radical (unpaired) electrons. The molecule has 0 spiro atoms. The molecule has 2 aromatic carbocycles. The monoisotopic (exact) mass is 615 g/mol. The fourth-order valence-electron chi connectivity index (χ4n) is 6.50. The largest absolute Gasteiger partial charge is 0.351 e. The highest BCUT2D eigenvalue weighted by Crippen LogP contribution is 2.31. The number of rotatable bonds is 9. The second-order valence-corrected chi connectivity index (χ2v) is 11.7. The molecule has 3 heterocycles. The number of fused-ring (bicyclic) bond motifs is 1. The molecular weight excluding hydrogens is 581 g/mol. The van der Waals surface area contributed by atoms with Crippen LogP contribution < -0.4 is 10.6 Å². The van der Waals surface area contributed by atoms with E-state index in [2.05, 4.69) is 26.0 Å². The van der Waals surface area contributed by atoms with Gasteiger partial charge in [0, 0.05) is 31.1 Å². The topological polar surface area (TPSA) is 157 Å². The lowest BCUT2D eigenvalue weighted by atomic mass is 10.0. The SMILES string of the molecule is CCc1cccc(C(=O)N(Cc2ccc3c(c2)CN(C2CCC(=O)NC2=O)C3=O)C(C(=O)NC2CCCC2)c2cn[nH]n2)c1F. The van der Waals surface area contributed by atoms with E-state index in [-0.39, 0.29) is 55.0 Å². The Morgan fingerprint density at radius 2 is 1.93 bits per heavy atom. The van der Waals surface area contributed by atoms with Crippen molar-refractivity contribution in [2.45, 2.75) is 83.1 Å². The first-order chi connectivity index (χ1) is 21.7. The number of nitrogens with one attached hydrogen (secondary N) is 3. The zero-order chi connectivity index (χ0) is 31.7. The van der Waals surface area contributed by atoms with Crippen LogP contribution in [0.2, 0.25) is 0 Å². The van der Waals surface area contributed by atoms with E-state index >= 15 is 4.39 Å². The molecule has 3 aromatic rings. The third kappa shape index (κ3) is 5.94. The van der Waals surface area contributed by atoms with Gasteiger partial charge in [0.05, 0.1) is 11.8 Å². The van der Waals surface area contributed by atoms with Gasteiger partial charge in [0.15, 0.2) is 6.04 Å². The molecule has 0 bridgehead atoms. The number of aromatic nitrogens is 3. The van der Waals surface area contributed by atoms with Gasteiger partial charge in [0.25, 0.3) is 11.8 Å². The molecular formula is C32H34FN7O5. The lowest BCUT2D eigenvalue weighted by Gasteiger charge is -2.31. The number of hydrogen-bond acceptors (Lipinski definition) is 7. The van der Waals surface area contributed by atoms with Crippen LogP contribution >= 0.6 is 0 Å². The Hall–Kier alpha value is -4.94. The molecule has 2 unspecified atom stereocenters. The van der Waals surface area contributed by atoms with E-state index in [0.29, 0.717) is 28.7 Å². The number of nitrogens with zero attached hydrogens (tertiary/aromatic N) is 4. The van der Waals surface area contributed by atoms with Crippen molar-refractivity contribution in [2.75, 3.05) is 0 Å². The molecule has 45 heavy (non-hydrogen) atoms. The smallest absolute Gasteiger partial charge is 0.258 e. The maximum atomic E-state index is 15.6. The Balaban J connectivity index is 1.35. The summed E-state index contributed by atoms with van der Waals surface area (Å²) in [6.07, 6.45) is 5.74. The van der Waals surface area contributed by atoms with Gasteiger partial charge >= 0.3 is 0 Å². The molecule has 6 rings (SSSR count). The van der Waals surface area contributed by atoms with Crippen molar-refractivity contribution in [1.82, 2.24) is 35.8 Å². The van der Waals surface area contributed by atoms with Crippen LogP contribution in [-0.4, -0.2) is 66.8 Å². The molecule has 234 valence electrons. The summed E-state index contributed by atoms with van der Waals surface area (Å²) >= 11 is 0. The van der Waals surface area contributed by atoms with Crippen molar-refractivity contribution in [1.29, 1.82) is 0 Å². The van der Waals surface area contributed by atoms with Gasteiger partial charge in [-0.3, -0.25) is 29.3 Å². The van der Waals surface area contributed by atoms with Crippen LogP contribution in [0.15, 0.2) is 42.6 Å². The number of halogens is 1. The minimum atomic E-state index is -1.23. The third-order valence-electron chi connectivity index (χ3n) is 8.87. The molecule has 3 aliphatic rings. The van der Waals surface area contributed by atoms with Crippen LogP contribution in [0.3, 0.4) is 0 Å². The predicted octanol–water partition coefficient (Wildman–Crippen LogP) is 2.71. The zero-order valence-electron chi connectivity index (χ0n) is 24.8. The number of imide groups is 1. The second kappa shape index (κ2) is 12.6. The van der Waals surface area contributed by atoms with Crippen molar-refractivity contribution >= 4 is 29.5 Å². The maximum absolute atomic E-state index is 15.6. The van der Waals surface area contributed by atoms with E-state index in [9.17, 15) is 24.0 Å². The molecule has 12 nitrogen and oxygen atoms in total. The van der Waals surface area contributed by atoms with Crippen LogP contribution in [0.4, 0.5) is 4.39 Å². The molecule has 2 atom stereocenters. The number of amides is 5. The highest BCUT2D eigenvalue weighted by atomic mass is 19.1. The minimum absolute atomic E-state index is 0.0479. The van der Waals surface area contributed by atoms with Gasteiger partial charge in [-0.2, -0.15) is 15.4 Å². The highest BCUT2D eigenvalue weighted by Gasteiger charge is 2.40. The normalized spacial score (nSPS) is 18.9. The molecule has 1 aromatic heterocycles. The Kier molecular flexibility index (Phi) is 8.42. The molecule has 1 aliphatic carbocycles. The first-order valence-corrected chi connectivity index (χ1v) is 15.3. The number of H-pyrrole nitrogens is 1. The van der Waals surface area contributed by atoms with Crippen molar-refractivity contribution in [2.24, 2.45) is 0 Å². The van der Waals surface area contributed by atoms with E-state index in [4.69, 9.17) is 0 Å². The summed E-state index contributed by atoms with van der Waals surface area (Å²) in [5.74, 6) is -2.99. The van der Waals surface area contributed by atoms with Crippen molar-refractivity contribution in [3.63, 3.8) is 0 Å². The lowest BCUT2D eigenvalue weighted by molar-refractivity contribution is -0.137. The van der Waals surface area contributed by atoms with E-state index < -0.39 is 35.6 Å². The number of aryl methyl sites for hydroxylation is 1. The number of hydrogen-bond donors (Lipinski definition) is 3. The first kappa shape index (κ1) is 30.1. The van der Waals surface area contributed by atoms with Gasteiger partial charge in [-0.1, -0.05) is 44.0 Å². The van der Waals surface area contributed by atoms with Crippen molar-refractivity contribution in [3.8, 4) is 0 Å². The van der Waals surface area contributed by atoms with Crippen molar-refractivity contribution in [3.05, 3.63) is 81.9 Å². The highest BCUT2D eigenvalue weighted by molar-refractivity contribution is 6.05. The average molecular weight is 616 g/mol. The summed E-state index contributed by atoms with van der Waals surface area (Å²) in [6.45, 7) is 1.83. The maximum Gasteiger partial charge on any atom is 0.258 e. The summed E-state index contributed by atoms with van der Waals surface area (Å²) in [6, 6.07) is 7.65. The van der Waals surface area contributed by atoms with Gasteiger partial charge in [0.1, 0.15) is 17.6 Å². The molecule has 1 saturated heterocycles. The molecule has 2 fully saturated rings. The van der Waals surface area contributed by atoms with E-state index in [1.54, 1.807) is 37.3 Å². The van der Waals surface area contributed by atoms with Gasteiger partial charge in [-0.25, -0.2) is 4.39 Å². The number of carbonyl (C=O) groups excluding carboxylic acids is 5. The van der Waals surface area contributed by atoms with Crippen molar-refractivity contribution < 1.29 is 28.4 Å². The molecule has 3 N–H and O–H groups in total. The van der Waals surface area contributed by atoms with Gasteiger partial charge < -0.3 is 15.1 Å². The molecule has 2 aliphatic heterocycles. The quantitative estimate of drug-likeness (QED) is 0.313. The van der Waals surface area contributed by atoms with Gasteiger partial charge in [0.2, 0.25) is 17.7 Å². The van der Waals surface area contributed by atoms with Gasteiger partial charge in [-0.05, 0) is 54.5 Å². The standard InChI is InChI=1S/C32H34FN7O5/c1-2-19-6-5-9-23(27(19)33)32(45)40(28(24-15-34-38-37-24)30(43)35-21-7-3-4-8-21)16-18-10-11-22-20(14-18)17-39(31(22)44)25-12-13-26(41)36-29(25)42/h5-6,9-11,14-15,21,25,28H,2-4,7-8,12-13,16-17H2,1H3,(H,35,43)(H,34,37,38)(H,36,41,42). The van der Waals surface area contributed by atoms with Crippen LogP contribution in [0.5, 0.6) is 0 Å². The second-order valence-electron chi connectivity index (χ2n) is 11.7. The Labute approximate surface area is 258 Å². The number of aromatic amines is 1. The Morgan fingerprint density at radius 1 is 1.13 bits per heavy atom. The lowest BCUT2D eigenvalue weighted by Crippen LogP contribution is -2.52. The predicted molar refractivity (Wildman–Crippen MR) is 158 cm³/mol. The fourth-order valence-corrected chi connectivity index (χ4v) is 6.50. The van der Waals surface area contributed by atoms with Crippen LogP contribution in [0.1, 0.15) is 94.6 Å². The summed E-state index contributed by atoms with van der Waals surface area (Å²) in [5, 5.41) is 15.9. The van der Waals surface area contributed by atoms with E-state index in [1.807, 2.05) is 0 Å². The van der Waals surface area contributed by atoms with Gasteiger partial charge in [-0.15, -0.1) is 0 Å². The Bertz CT molecular complexity index is 1650. The van der Waals surface area contributed by atoms with Crippen LogP contribution in [-0.2, 0) is 33.9 Å². The summed E-state index contributed by atoms with van der Waals surface area (Å²) in [4.78, 5) is 68.3. The third-order valence-corrected chi connectivity index (χ3v) is 8.87. The molecule has 13 heteroatoms. The van der Waals surface area contributed by atoms with E-state index in [1.165, 1.54) is 22.1 Å². The molecule has 5 amide bonds. The average Bonchev–Trinajstić information content (AvgIpc) is 3.80. The van der Waals surface area contributed by atoms with Crippen LogP contribution in [0, 0.1) is 5.82 Å². The fraction of sp³-hybridized carbons (Fsp3) is 0.406.